The molecule has 1 heterocycles. The predicted molar refractivity (Wildman–Crippen MR) is 117 cm³/mol. The summed E-state index contributed by atoms with van der Waals surface area (Å²) >= 11 is 3.38. The molecule has 1 aromatic heterocycles. The van der Waals surface area contributed by atoms with Crippen molar-refractivity contribution in [1.29, 1.82) is 0 Å². The van der Waals surface area contributed by atoms with E-state index >= 15 is 0 Å². The Labute approximate surface area is 177 Å². The first-order valence-corrected chi connectivity index (χ1v) is 10.1. The molecule has 0 aliphatic rings. The summed E-state index contributed by atoms with van der Waals surface area (Å²) in [5, 5.41) is 5.09. The fourth-order valence-corrected chi connectivity index (χ4v) is 3.42. The van der Waals surface area contributed by atoms with Gasteiger partial charge in [-0.05, 0) is 37.6 Å². The van der Waals surface area contributed by atoms with E-state index in [-0.39, 0.29) is 24.8 Å². The highest BCUT2D eigenvalue weighted by molar-refractivity contribution is 9.10. The summed E-state index contributed by atoms with van der Waals surface area (Å²) in [6, 6.07) is 15.3. The lowest BCUT2D eigenvalue weighted by molar-refractivity contribution is -0.143. The Morgan fingerprint density at radius 3 is 2.62 bits per heavy atom. The fourth-order valence-electron chi connectivity index (χ4n) is 3.16. The average molecular weight is 456 g/mol. The number of aromatic nitrogens is 1. The molecule has 0 saturated carbocycles. The standard InChI is InChI=1S/C22H22BrN3O3/c1-3-29-22(28)14-26-15(2)19(18-6-4-5-7-20(18)26)13-24-25-21(27)12-16-8-10-17(23)11-9-16/h4-11,13H,3,12,14H2,1-2H3,(H,25,27)/b24-13+. The Kier molecular flexibility index (Phi) is 6.82. The first-order valence-electron chi connectivity index (χ1n) is 9.29. The molecular formula is C22H22BrN3O3. The van der Waals surface area contributed by atoms with Crippen molar-refractivity contribution in [1.82, 2.24) is 9.99 Å². The van der Waals surface area contributed by atoms with Gasteiger partial charge < -0.3 is 9.30 Å². The summed E-state index contributed by atoms with van der Waals surface area (Å²) in [5.41, 5.74) is 6.13. The molecule has 6 nitrogen and oxygen atoms in total. The number of halogens is 1. The number of nitrogens with zero attached hydrogens (tertiary/aromatic N) is 2. The third-order valence-corrected chi connectivity index (χ3v) is 5.06. The van der Waals surface area contributed by atoms with Crippen LogP contribution in [0.2, 0.25) is 0 Å². The molecule has 1 N–H and O–H groups in total. The SMILES string of the molecule is CCOC(=O)Cn1c(C)c(/C=N/NC(=O)Cc2ccc(Br)cc2)c2ccccc21. The molecule has 1 amide bonds. The van der Waals surface area contributed by atoms with Crippen LogP contribution in [0, 0.1) is 6.92 Å². The average Bonchev–Trinajstić information content (AvgIpc) is 2.96. The molecular weight excluding hydrogens is 434 g/mol. The quantitative estimate of drug-likeness (QED) is 0.332. The maximum atomic E-state index is 12.2. The van der Waals surface area contributed by atoms with E-state index in [0.717, 1.165) is 32.2 Å². The summed E-state index contributed by atoms with van der Waals surface area (Å²) in [4.78, 5) is 24.1. The number of nitrogens with one attached hydrogen (secondary N) is 1. The zero-order valence-electron chi connectivity index (χ0n) is 16.3. The second-order valence-corrected chi connectivity index (χ2v) is 7.42. The van der Waals surface area contributed by atoms with Crippen LogP contribution in [0.1, 0.15) is 23.7 Å². The summed E-state index contributed by atoms with van der Waals surface area (Å²) < 4.78 is 7.95. The van der Waals surface area contributed by atoms with Crippen molar-refractivity contribution in [2.24, 2.45) is 5.10 Å². The van der Waals surface area contributed by atoms with Crippen LogP contribution in [0.5, 0.6) is 0 Å². The van der Waals surface area contributed by atoms with Crippen molar-refractivity contribution >= 4 is 44.9 Å². The summed E-state index contributed by atoms with van der Waals surface area (Å²) in [7, 11) is 0. The number of esters is 1. The van der Waals surface area contributed by atoms with Crippen LogP contribution < -0.4 is 5.43 Å². The Morgan fingerprint density at radius 1 is 1.17 bits per heavy atom. The van der Waals surface area contributed by atoms with Gasteiger partial charge in [0.05, 0.1) is 19.2 Å². The van der Waals surface area contributed by atoms with E-state index in [1.54, 1.807) is 13.1 Å². The maximum absolute atomic E-state index is 12.2. The molecule has 29 heavy (non-hydrogen) atoms. The van der Waals surface area contributed by atoms with Crippen molar-refractivity contribution < 1.29 is 14.3 Å². The van der Waals surface area contributed by atoms with Crippen LogP contribution in [0.15, 0.2) is 58.1 Å². The molecule has 0 aliphatic carbocycles. The molecule has 0 radical (unpaired) electrons. The second kappa shape index (κ2) is 9.52. The number of carbonyl (C=O) groups excluding carboxylic acids is 2. The molecule has 2 aromatic carbocycles. The van der Waals surface area contributed by atoms with Crippen LogP contribution in [0.3, 0.4) is 0 Å². The summed E-state index contributed by atoms with van der Waals surface area (Å²) in [6.45, 7) is 4.18. The van der Waals surface area contributed by atoms with E-state index in [4.69, 9.17) is 4.74 Å². The van der Waals surface area contributed by atoms with Crippen molar-refractivity contribution in [3.05, 3.63) is 69.8 Å². The smallest absolute Gasteiger partial charge is 0.325 e. The zero-order chi connectivity index (χ0) is 20.8. The first kappa shape index (κ1) is 20.8. The van der Waals surface area contributed by atoms with Crippen LogP contribution in [-0.2, 0) is 27.3 Å². The molecule has 150 valence electrons. The van der Waals surface area contributed by atoms with Gasteiger partial charge in [-0.2, -0.15) is 5.10 Å². The van der Waals surface area contributed by atoms with Crippen molar-refractivity contribution in [2.45, 2.75) is 26.8 Å². The minimum atomic E-state index is -0.289. The number of hydrogen-bond acceptors (Lipinski definition) is 4. The molecule has 0 fully saturated rings. The minimum Gasteiger partial charge on any atom is -0.465 e. The molecule has 0 unspecified atom stereocenters. The van der Waals surface area contributed by atoms with Gasteiger partial charge >= 0.3 is 5.97 Å². The van der Waals surface area contributed by atoms with Gasteiger partial charge in [0.1, 0.15) is 6.54 Å². The minimum absolute atomic E-state index is 0.129. The summed E-state index contributed by atoms with van der Waals surface area (Å²) in [5.74, 6) is -0.487. The van der Waals surface area contributed by atoms with E-state index in [9.17, 15) is 9.59 Å². The van der Waals surface area contributed by atoms with Gasteiger partial charge in [-0.3, -0.25) is 9.59 Å². The number of fused-ring (bicyclic) bond motifs is 1. The van der Waals surface area contributed by atoms with Gasteiger partial charge in [0, 0.05) is 26.6 Å². The van der Waals surface area contributed by atoms with E-state index in [2.05, 4.69) is 26.5 Å². The van der Waals surface area contributed by atoms with Gasteiger partial charge in [0.2, 0.25) is 5.91 Å². The van der Waals surface area contributed by atoms with E-state index in [1.165, 1.54) is 0 Å². The number of para-hydroxylation sites is 1. The number of benzene rings is 2. The maximum Gasteiger partial charge on any atom is 0.325 e. The second-order valence-electron chi connectivity index (χ2n) is 6.50. The Balaban J connectivity index is 1.77. The Morgan fingerprint density at radius 2 is 1.90 bits per heavy atom. The molecule has 0 spiro atoms. The number of amides is 1. The van der Waals surface area contributed by atoms with E-state index in [1.807, 2.05) is 60.0 Å². The molecule has 0 aliphatic heterocycles. The van der Waals surface area contributed by atoms with Gasteiger partial charge in [0.15, 0.2) is 0 Å². The molecule has 3 aromatic rings. The number of carbonyl (C=O) groups is 2. The van der Waals surface area contributed by atoms with E-state index in [0.29, 0.717) is 6.61 Å². The van der Waals surface area contributed by atoms with Gasteiger partial charge in [-0.1, -0.05) is 46.3 Å². The lowest BCUT2D eigenvalue weighted by Gasteiger charge is -2.07. The topological polar surface area (TPSA) is 72.7 Å². The molecule has 0 atom stereocenters. The number of hydrazone groups is 1. The normalized spacial score (nSPS) is 11.1. The fraction of sp³-hybridized carbons (Fsp3) is 0.227. The molecule has 0 bridgehead atoms. The Hall–Kier alpha value is -2.93. The Bertz CT molecular complexity index is 1060. The zero-order valence-corrected chi connectivity index (χ0v) is 17.9. The largest absolute Gasteiger partial charge is 0.465 e. The van der Waals surface area contributed by atoms with Crippen LogP contribution in [0.25, 0.3) is 10.9 Å². The third kappa shape index (κ3) is 5.12. The van der Waals surface area contributed by atoms with Crippen LogP contribution in [-0.4, -0.2) is 29.3 Å². The van der Waals surface area contributed by atoms with Gasteiger partial charge in [-0.15, -0.1) is 0 Å². The molecule has 3 rings (SSSR count). The highest BCUT2D eigenvalue weighted by Gasteiger charge is 2.15. The van der Waals surface area contributed by atoms with Gasteiger partial charge in [0.25, 0.3) is 0 Å². The van der Waals surface area contributed by atoms with Crippen molar-refractivity contribution in [3.8, 4) is 0 Å². The lowest BCUT2D eigenvalue weighted by atomic mass is 10.1. The number of ether oxygens (including phenoxy) is 1. The van der Waals surface area contributed by atoms with Crippen molar-refractivity contribution in [2.75, 3.05) is 6.61 Å². The number of hydrogen-bond donors (Lipinski definition) is 1. The van der Waals surface area contributed by atoms with Gasteiger partial charge in [-0.25, -0.2) is 5.43 Å². The summed E-state index contributed by atoms with van der Waals surface area (Å²) in [6.07, 6.45) is 1.87. The highest BCUT2D eigenvalue weighted by Crippen LogP contribution is 2.24. The highest BCUT2D eigenvalue weighted by atomic mass is 79.9. The van der Waals surface area contributed by atoms with Crippen molar-refractivity contribution in [3.63, 3.8) is 0 Å². The lowest BCUT2D eigenvalue weighted by Crippen LogP contribution is -2.19. The third-order valence-electron chi connectivity index (χ3n) is 4.53. The first-order chi connectivity index (χ1) is 14.0. The van der Waals surface area contributed by atoms with Crippen LogP contribution in [0.4, 0.5) is 0 Å². The van der Waals surface area contributed by atoms with Crippen LogP contribution >= 0.6 is 15.9 Å². The monoisotopic (exact) mass is 455 g/mol. The number of rotatable bonds is 7. The predicted octanol–water partition coefficient (Wildman–Crippen LogP) is 3.97. The molecule has 7 heteroatoms. The molecule has 0 saturated heterocycles. The van der Waals surface area contributed by atoms with E-state index < -0.39 is 0 Å².